The highest BCUT2D eigenvalue weighted by Crippen LogP contribution is 2.15. The van der Waals surface area contributed by atoms with Crippen LogP contribution in [-0.4, -0.2) is 16.5 Å². The first-order valence-corrected chi connectivity index (χ1v) is 5.91. The number of nitrogens with two attached hydrogens (primary N) is 1. The lowest BCUT2D eigenvalue weighted by Gasteiger charge is -2.12. The van der Waals surface area contributed by atoms with Crippen molar-refractivity contribution in [1.29, 1.82) is 0 Å². The van der Waals surface area contributed by atoms with E-state index in [9.17, 15) is 0 Å². The summed E-state index contributed by atoms with van der Waals surface area (Å²) in [7, 11) is 0. The van der Waals surface area contributed by atoms with Gasteiger partial charge < -0.3 is 11.1 Å². The summed E-state index contributed by atoms with van der Waals surface area (Å²) in [6.45, 7) is 9.44. The van der Waals surface area contributed by atoms with E-state index < -0.39 is 0 Å². The van der Waals surface area contributed by atoms with E-state index in [2.05, 4.69) is 43.0 Å². The summed E-state index contributed by atoms with van der Waals surface area (Å²) in [5, 5.41) is 3.30. The van der Waals surface area contributed by atoms with Crippen LogP contribution in [0.4, 0.5) is 11.6 Å². The number of rotatable bonds is 5. The predicted molar refractivity (Wildman–Crippen MR) is 68.5 cm³/mol. The van der Waals surface area contributed by atoms with E-state index in [1.54, 1.807) is 6.07 Å². The molecule has 1 aromatic heterocycles. The minimum Gasteiger partial charge on any atom is -0.384 e. The molecule has 0 fully saturated rings. The number of nitrogen functional groups attached to an aromatic ring is 1. The molecule has 0 aliphatic heterocycles. The van der Waals surface area contributed by atoms with Crippen LogP contribution in [0.15, 0.2) is 6.07 Å². The van der Waals surface area contributed by atoms with E-state index in [4.69, 9.17) is 5.73 Å². The van der Waals surface area contributed by atoms with Gasteiger partial charge in [-0.1, -0.05) is 34.1 Å². The molecule has 1 aromatic rings. The summed E-state index contributed by atoms with van der Waals surface area (Å²) in [4.78, 5) is 8.64. The standard InChI is InChI=1S/C12H22N4/c1-5-9(4)7-14-11-6-10(13)15-12(16-11)8(2)3/h6,8-9H,5,7H2,1-4H3,(H3,13,14,15,16). The Morgan fingerprint density at radius 1 is 1.31 bits per heavy atom. The Morgan fingerprint density at radius 2 is 2.00 bits per heavy atom. The van der Waals surface area contributed by atoms with Crippen LogP contribution < -0.4 is 11.1 Å². The zero-order valence-corrected chi connectivity index (χ0v) is 10.6. The van der Waals surface area contributed by atoms with E-state index in [-0.39, 0.29) is 0 Å². The second-order valence-corrected chi connectivity index (χ2v) is 4.59. The molecule has 1 heterocycles. The van der Waals surface area contributed by atoms with Gasteiger partial charge in [0.05, 0.1) is 0 Å². The summed E-state index contributed by atoms with van der Waals surface area (Å²) in [6.07, 6.45) is 1.16. The van der Waals surface area contributed by atoms with Crippen molar-refractivity contribution in [3.63, 3.8) is 0 Å². The lowest BCUT2D eigenvalue weighted by Crippen LogP contribution is -2.13. The predicted octanol–water partition coefficient (Wildman–Crippen LogP) is 2.64. The van der Waals surface area contributed by atoms with Gasteiger partial charge in [0, 0.05) is 18.5 Å². The van der Waals surface area contributed by atoms with Crippen LogP contribution in [0.3, 0.4) is 0 Å². The lowest BCUT2D eigenvalue weighted by molar-refractivity contribution is 0.592. The highest BCUT2D eigenvalue weighted by atomic mass is 15.0. The van der Waals surface area contributed by atoms with Crippen LogP contribution in [0.1, 0.15) is 45.9 Å². The molecular weight excluding hydrogens is 200 g/mol. The minimum absolute atomic E-state index is 0.299. The molecule has 4 heteroatoms. The third-order valence-corrected chi connectivity index (χ3v) is 2.61. The molecule has 90 valence electrons. The van der Waals surface area contributed by atoms with Crippen molar-refractivity contribution in [2.45, 2.75) is 40.0 Å². The van der Waals surface area contributed by atoms with Gasteiger partial charge in [-0.25, -0.2) is 9.97 Å². The third-order valence-electron chi connectivity index (χ3n) is 2.61. The van der Waals surface area contributed by atoms with Gasteiger partial charge in [0.2, 0.25) is 0 Å². The van der Waals surface area contributed by atoms with Crippen LogP contribution >= 0.6 is 0 Å². The Bertz CT molecular complexity index is 336. The second-order valence-electron chi connectivity index (χ2n) is 4.59. The van der Waals surface area contributed by atoms with Gasteiger partial charge in [0.15, 0.2) is 0 Å². The van der Waals surface area contributed by atoms with Gasteiger partial charge in [-0.05, 0) is 5.92 Å². The number of nitrogens with zero attached hydrogens (tertiary/aromatic N) is 2. The minimum atomic E-state index is 0.299. The molecule has 0 saturated carbocycles. The lowest BCUT2D eigenvalue weighted by atomic mass is 10.1. The first-order valence-electron chi connectivity index (χ1n) is 5.91. The molecule has 0 radical (unpaired) electrons. The van der Waals surface area contributed by atoms with E-state index in [1.807, 2.05) is 0 Å². The number of anilines is 2. The molecule has 1 rings (SSSR count). The van der Waals surface area contributed by atoms with Crippen LogP contribution in [0, 0.1) is 5.92 Å². The molecule has 0 aliphatic rings. The summed E-state index contributed by atoms with van der Waals surface area (Å²) < 4.78 is 0. The molecule has 0 amide bonds. The topological polar surface area (TPSA) is 63.8 Å². The Kier molecular flexibility index (Phi) is 4.52. The molecule has 0 aromatic carbocycles. The van der Waals surface area contributed by atoms with E-state index in [0.717, 1.165) is 24.6 Å². The Morgan fingerprint density at radius 3 is 2.56 bits per heavy atom. The summed E-state index contributed by atoms with van der Waals surface area (Å²) >= 11 is 0. The van der Waals surface area contributed by atoms with Crippen molar-refractivity contribution in [3.8, 4) is 0 Å². The maximum Gasteiger partial charge on any atom is 0.135 e. The Balaban J connectivity index is 2.72. The fourth-order valence-electron chi connectivity index (χ4n) is 1.26. The zero-order valence-electron chi connectivity index (χ0n) is 10.6. The van der Waals surface area contributed by atoms with Gasteiger partial charge in [0.25, 0.3) is 0 Å². The molecule has 0 saturated heterocycles. The first-order chi connectivity index (χ1) is 7.52. The van der Waals surface area contributed by atoms with Gasteiger partial charge >= 0.3 is 0 Å². The Labute approximate surface area is 97.7 Å². The van der Waals surface area contributed by atoms with Crippen molar-refractivity contribution in [2.24, 2.45) is 5.92 Å². The largest absolute Gasteiger partial charge is 0.384 e. The van der Waals surface area contributed by atoms with Gasteiger partial charge in [0.1, 0.15) is 17.5 Å². The number of aromatic nitrogens is 2. The molecule has 1 unspecified atom stereocenters. The third kappa shape index (κ3) is 3.68. The molecule has 4 nitrogen and oxygen atoms in total. The van der Waals surface area contributed by atoms with Crippen molar-refractivity contribution < 1.29 is 0 Å². The highest BCUT2D eigenvalue weighted by Gasteiger charge is 2.07. The van der Waals surface area contributed by atoms with Crippen LogP contribution in [-0.2, 0) is 0 Å². The second kappa shape index (κ2) is 5.68. The molecule has 0 aliphatic carbocycles. The van der Waals surface area contributed by atoms with Gasteiger partial charge in [-0.15, -0.1) is 0 Å². The molecule has 3 N–H and O–H groups in total. The van der Waals surface area contributed by atoms with Crippen LogP contribution in [0.5, 0.6) is 0 Å². The average molecular weight is 222 g/mol. The summed E-state index contributed by atoms with van der Waals surface area (Å²) in [5.74, 6) is 3.10. The maximum atomic E-state index is 5.74. The van der Waals surface area contributed by atoms with Gasteiger partial charge in [-0.3, -0.25) is 0 Å². The molecule has 0 bridgehead atoms. The quantitative estimate of drug-likeness (QED) is 0.804. The number of hydrogen-bond acceptors (Lipinski definition) is 4. The highest BCUT2D eigenvalue weighted by molar-refractivity contribution is 5.44. The van der Waals surface area contributed by atoms with Crippen molar-refractivity contribution >= 4 is 11.6 Å². The first kappa shape index (κ1) is 12.7. The summed E-state index contributed by atoms with van der Waals surface area (Å²) in [5.41, 5.74) is 5.74. The van der Waals surface area contributed by atoms with E-state index >= 15 is 0 Å². The smallest absolute Gasteiger partial charge is 0.135 e. The molecule has 16 heavy (non-hydrogen) atoms. The van der Waals surface area contributed by atoms with Crippen molar-refractivity contribution in [2.75, 3.05) is 17.6 Å². The van der Waals surface area contributed by atoms with Crippen molar-refractivity contribution in [3.05, 3.63) is 11.9 Å². The number of nitrogens with one attached hydrogen (secondary N) is 1. The maximum absolute atomic E-state index is 5.74. The summed E-state index contributed by atoms with van der Waals surface area (Å²) in [6, 6.07) is 1.79. The monoisotopic (exact) mass is 222 g/mol. The van der Waals surface area contributed by atoms with Crippen LogP contribution in [0.2, 0.25) is 0 Å². The number of hydrogen-bond donors (Lipinski definition) is 2. The van der Waals surface area contributed by atoms with Gasteiger partial charge in [-0.2, -0.15) is 0 Å². The molecule has 0 spiro atoms. The normalized spacial score (nSPS) is 12.8. The fraction of sp³-hybridized carbons (Fsp3) is 0.667. The molecule has 1 atom stereocenters. The van der Waals surface area contributed by atoms with Crippen molar-refractivity contribution in [1.82, 2.24) is 9.97 Å². The zero-order chi connectivity index (χ0) is 12.1. The SMILES string of the molecule is CCC(C)CNc1cc(N)nc(C(C)C)n1. The Hall–Kier alpha value is -1.32. The van der Waals surface area contributed by atoms with E-state index in [1.165, 1.54) is 0 Å². The average Bonchev–Trinajstić information content (AvgIpc) is 2.25. The van der Waals surface area contributed by atoms with Crippen LogP contribution in [0.25, 0.3) is 0 Å². The molecular formula is C12H22N4. The fourth-order valence-corrected chi connectivity index (χ4v) is 1.26. The van der Waals surface area contributed by atoms with E-state index in [0.29, 0.717) is 17.7 Å².